The number of aliphatic imine (C=N–C) groups is 1. The highest BCUT2D eigenvalue weighted by molar-refractivity contribution is 5.87. The van der Waals surface area contributed by atoms with E-state index in [0.717, 1.165) is 5.84 Å². The van der Waals surface area contributed by atoms with Gasteiger partial charge in [0, 0.05) is 18.5 Å². The highest BCUT2D eigenvalue weighted by atomic mass is 15.5. The molecule has 0 rings (SSSR count). The van der Waals surface area contributed by atoms with Crippen molar-refractivity contribution in [2.75, 3.05) is 7.05 Å². The molecule has 0 saturated heterocycles. The van der Waals surface area contributed by atoms with E-state index >= 15 is 0 Å². The van der Waals surface area contributed by atoms with Crippen molar-refractivity contribution in [3.8, 4) is 0 Å². The second-order valence-electron chi connectivity index (χ2n) is 4.47. The normalized spacial score (nSPS) is 13.3. The Morgan fingerprint density at radius 2 is 1.77 bits per heavy atom. The van der Waals surface area contributed by atoms with Gasteiger partial charge in [-0.1, -0.05) is 13.8 Å². The molecule has 0 aliphatic heterocycles. The Morgan fingerprint density at radius 3 is 2.00 bits per heavy atom. The second kappa shape index (κ2) is 4.40. The average Bonchev–Trinajstić information content (AvgIpc) is 1.96. The van der Waals surface area contributed by atoms with Crippen LogP contribution in [-0.2, 0) is 0 Å². The maximum atomic E-state index is 4.39. The van der Waals surface area contributed by atoms with Crippen molar-refractivity contribution >= 4 is 12.6 Å². The van der Waals surface area contributed by atoms with Crippen molar-refractivity contribution in [1.29, 1.82) is 0 Å². The predicted molar refractivity (Wildman–Crippen MR) is 59.3 cm³/mol. The number of amidine groups is 1. The van der Waals surface area contributed by atoms with Crippen molar-refractivity contribution in [3.63, 3.8) is 0 Å². The molecule has 0 unspecified atom stereocenters. The Hall–Kier alpha value is -0.860. The number of nitrogens with zero attached hydrogens (tertiary/aromatic N) is 3. The Bertz CT molecular complexity index is 199. The zero-order valence-corrected chi connectivity index (χ0v) is 9.63. The van der Waals surface area contributed by atoms with E-state index < -0.39 is 0 Å². The monoisotopic (exact) mass is 183 g/mol. The van der Waals surface area contributed by atoms with E-state index in [-0.39, 0.29) is 5.54 Å². The van der Waals surface area contributed by atoms with Crippen LogP contribution >= 0.6 is 0 Å². The fraction of sp³-hybridized carbons (Fsp3) is 0.800. The summed E-state index contributed by atoms with van der Waals surface area (Å²) in [6, 6.07) is 0. The number of hydrogen-bond donors (Lipinski definition) is 0. The lowest BCUT2D eigenvalue weighted by Gasteiger charge is -2.29. The summed E-state index contributed by atoms with van der Waals surface area (Å²) in [6.45, 7) is 14.0. The Labute approximate surface area is 81.5 Å². The fourth-order valence-electron chi connectivity index (χ4n) is 0.633. The van der Waals surface area contributed by atoms with Crippen LogP contribution in [0.1, 0.15) is 34.6 Å². The fourth-order valence-corrected chi connectivity index (χ4v) is 0.633. The molecule has 0 aromatic heterocycles. The SMILES string of the molecule is C=N/C(=N\N(C)C(C)(C)C)C(C)C. The molecule has 0 aliphatic carbocycles. The summed E-state index contributed by atoms with van der Waals surface area (Å²) in [5, 5.41) is 6.30. The van der Waals surface area contributed by atoms with Crippen molar-refractivity contribution in [3.05, 3.63) is 0 Å². The summed E-state index contributed by atoms with van der Waals surface area (Å²) in [7, 11) is 1.95. The molecule has 3 nitrogen and oxygen atoms in total. The predicted octanol–water partition coefficient (Wildman–Crippen LogP) is 2.39. The molecular weight excluding hydrogens is 162 g/mol. The van der Waals surface area contributed by atoms with Crippen LogP contribution in [0.5, 0.6) is 0 Å². The van der Waals surface area contributed by atoms with Gasteiger partial charge in [0.1, 0.15) is 5.84 Å². The number of rotatable bonds is 2. The molecule has 76 valence electrons. The highest BCUT2D eigenvalue weighted by Crippen LogP contribution is 2.12. The number of hydrogen-bond acceptors (Lipinski definition) is 2. The molecule has 3 heteroatoms. The van der Waals surface area contributed by atoms with E-state index in [1.807, 2.05) is 12.1 Å². The van der Waals surface area contributed by atoms with Gasteiger partial charge in [-0.05, 0) is 27.5 Å². The first-order valence-corrected chi connectivity index (χ1v) is 4.58. The van der Waals surface area contributed by atoms with Gasteiger partial charge in [-0.15, -0.1) is 0 Å². The minimum absolute atomic E-state index is 0.0326. The molecule has 0 aliphatic rings. The summed E-state index contributed by atoms with van der Waals surface area (Å²) in [6.07, 6.45) is 0. The highest BCUT2D eigenvalue weighted by Gasteiger charge is 2.16. The first kappa shape index (κ1) is 12.1. The topological polar surface area (TPSA) is 28.0 Å². The van der Waals surface area contributed by atoms with Crippen molar-refractivity contribution < 1.29 is 0 Å². The van der Waals surface area contributed by atoms with Crippen LogP contribution in [0.3, 0.4) is 0 Å². The smallest absolute Gasteiger partial charge is 0.150 e. The van der Waals surface area contributed by atoms with Crippen LogP contribution in [0.15, 0.2) is 10.1 Å². The Morgan fingerprint density at radius 1 is 1.31 bits per heavy atom. The summed E-state index contributed by atoms with van der Waals surface area (Å²) in [5.41, 5.74) is 0.0326. The zero-order chi connectivity index (χ0) is 10.6. The zero-order valence-electron chi connectivity index (χ0n) is 9.63. The minimum atomic E-state index is 0.0326. The van der Waals surface area contributed by atoms with Gasteiger partial charge in [0.2, 0.25) is 0 Å². The molecule has 0 spiro atoms. The molecule has 0 fully saturated rings. The van der Waals surface area contributed by atoms with E-state index in [9.17, 15) is 0 Å². The Balaban J connectivity index is 4.61. The van der Waals surface area contributed by atoms with E-state index in [4.69, 9.17) is 0 Å². The summed E-state index contributed by atoms with van der Waals surface area (Å²) in [5.74, 6) is 1.11. The molecular formula is C10H21N3. The molecule has 0 aromatic carbocycles. The van der Waals surface area contributed by atoms with Crippen molar-refractivity contribution in [2.45, 2.75) is 40.2 Å². The largest absolute Gasteiger partial charge is 0.293 e. The molecule has 0 bridgehead atoms. The third-order valence-electron chi connectivity index (χ3n) is 1.90. The number of hydrazone groups is 1. The second-order valence-corrected chi connectivity index (χ2v) is 4.47. The molecule has 0 saturated carbocycles. The average molecular weight is 183 g/mol. The van der Waals surface area contributed by atoms with Crippen LogP contribution in [0, 0.1) is 5.92 Å². The van der Waals surface area contributed by atoms with Crippen LogP contribution in [0.25, 0.3) is 0 Å². The molecule has 0 aromatic rings. The first-order chi connectivity index (χ1) is 5.79. The third kappa shape index (κ3) is 4.06. The lowest BCUT2D eigenvalue weighted by Crippen LogP contribution is -2.35. The van der Waals surface area contributed by atoms with Gasteiger partial charge in [-0.2, -0.15) is 5.10 Å². The van der Waals surface area contributed by atoms with Gasteiger partial charge in [0.15, 0.2) is 0 Å². The van der Waals surface area contributed by atoms with Gasteiger partial charge in [0.05, 0.1) is 0 Å². The maximum Gasteiger partial charge on any atom is 0.150 e. The molecule has 13 heavy (non-hydrogen) atoms. The van der Waals surface area contributed by atoms with Gasteiger partial charge in [-0.3, -0.25) is 5.01 Å². The van der Waals surface area contributed by atoms with Crippen LogP contribution < -0.4 is 0 Å². The molecule has 0 heterocycles. The molecule has 0 atom stereocenters. The van der Waals surface area contributed by atoms with E-state index in [1.165, 1.54) is 0 Å². The summed E-state index contributed by atoms with van der Waals surface area (Å²) in [4.78, 5) is 3.90. The summed E-state index contributed by atoms with van der Waals surface area (Å²) < 4.78 is 0. The summed E-state index contributed by atoms with van der Waals surface area (Å²) >= 11 is 0. The van der Waals surface area contributed by atoms with E-state index in [0.29, 0.717) is 5.92 Å². The van der Waals surface area contributed by atoms with Crippen LogP contribution in [-0.4, -0.2) is 30.1 Å². The van der Waals surface area contributed by atoms with Crippen molar-refractivity contribution in [1.82, 2.24) is 5.01 Å². The Kier molecular flexibility index (Phi) is 4.11. The maximum absolute atomic E-state index is 4.39. The lowest BCUT2D eigenvalue weighted by molar-refractivity contribution is 0.182. The molecule has 0 N–H and O–H groups in total. The first-order valence-electron chi connectivity index (χ1n) is 4.58. The lowest BCUT2D eigenvalue weighted by atomic mass is 10.1. The standard InChI is InChI=1S/C10H21N3/c1-8(2)9(11-6)12-13(7)10(3,4)5/h8H,6H2,1-5,7H3/b12-9-. The van der Waals surface area contributed by atoms with Crippen LogP contribution in [0.2, 0.25) is 0 Å². The third-order valence-corrected chi connectivity index (χ3v) is 1.90. The van der Waals surface area contributed by atoms with Crippen molar-refractivity contribution in [2.24, 2.45) is 16.0 Å². The minimum Gasteiger partial charge on any atom is -0.293 e. The van der Waals surface area contributed by atoms with E-state index in [2.05, 4.69) is 51.4 Å². The van der Waals surface area contributed by atoms with Gasteiger partial charge in [-0.25, -0.2) is 4.99 Å². The molecule has 0 amide bonds. The van der Waals surface area contributed by atoms with Gasteiger partial charge >= 0.3 is 0 Å². The van der Waals surface area contributed by atoms with Gasteiger partial charge < -0.3 is 0 Å². The van der Waals surface area contributed by atoms with E-state index in [1.54, 1.807) is 0 Å². The quantitative estimate of drug-likeness (QED) is 0.367. The van der Waals surface area contributed by atoms with Crippen LogP contribution in [0.4, 0.5) is 0 Å². The molecule has 0 radical (unpaired) electrons. The van der Waals surface area contributed by atoms with Gasteiger partial charge in [0.25, 0.3) is 0 Å².